The number of anilines is 2. The summed E-state index contributed by atoms with van der Waals surface area (Å²) in [7, 11) is 0. The summed E-state index contributed by atoms with van der Waals surface area (Å²) in [6, 6.07) is 7.49. The van der Waals surface area contributed by atoms with Crippen molar-refractivity contribution >= 4 is 49.8 Å². The molecule has 1 aromatic heterocycles. The molecule has 3 rings (SSSR count). The van der Waals surface area contributed by atoms with Gasteiger partial charge in [0.2, 0.25) is 0 Å². The van der Waals surface area contributed by atoms with Crippen molar-refractivity contribution in [1.82, 2.24) is 0 Å². The fourth-order valence-corrected chi connectivity index (χ4v) is 4.75. The summed E-state index contributed by atoms with van der Waals surface area (Å²) in [6.07, 6.45) is 2.94. The van der Waals surface area contributed by atoms with E-state index >= 15 is 0 Å². The van der Waals surface area contributed by atoms with Gasteiger partial charge in [0.15, 0.2) is 6.54 Å². The van der Waals surface area contributed by atoms with Crippen molar-refractivity contribution in [3.8, 4) is 0 Å². The van der Waals surface area contributed by atoms with Gasteiger partial charge in [-0.05, 0) is 49.1 Å². The normalized spacial score (nSPS) is 12.9. The Kier molecular flexibility index (Phi) is 6.68. The standard InChI is InChI=1S/C20H24BrN3O2S/c1-12(2)10-22-11-17(25)24-20-18(15-4-3-5-16(15)27-20)19(26)23-14-8-6-13(21)7-9-14/h6-9,12,22H,3-5,10-11H2,1-2H3,(H,23,26)(H,24,25)/p+1. The second-order valence-electron chi connectivity index (χ2n) is 7.19. The first kappa shape index (κ1) is 20.0. The Morgan fingerprint density at radius 2 is 1.93 bits per heavy atom. The Morgan fingerprint density at radius 1 is 1.19 bits per heavy atom. The van der Waals surface area contributed by atoms with Crippen LogP contribution in [-0.2, 0) is 17.6 Å². The Bertz CT molecular complexity index is 830. The van der Waals surface area contributed by atoms with Crippen molar-refractivity contribution < 1.29 is 14.9 Å². The van der Waals surface area contributed by atoms with E-state index in [1.165, 1.54) is 4.88 Å². The first-order valence-corrected chi connectivity index (χ1v) is 10.9. The van der Waals surface area contributed by atoms with Crippen molar-refractivity contribution in [2.45, 2.75) is 33.1 Å². The van der Waals surface area contributed by atoms with E-state index in [0.29, 0.717) is 23.0 Å². The van der Waals surface area contributed by atoms with E-state index in [4.69, 9.17) is 0 Å². The minimum Gasteiger partial charge on any atom is -0.338 e. The predicted molar refractivity (Wildman–Crippen MR) is 114 cm³/mol. The maximum atomic E-state index is 13.0. The lowest BCUT2D eigenvalue weighted by atomic mass is 10.1. The highest BCUT2D eigenvalue weighted by molar-refractivity contribution is 9.10. The van der Waals surface area contributed by atoms with Gasteiger partial charge in [0, 0.05) is 21.0 Å². The zero-order valence-electron chi connectivity index (χ0n) is 15.6. The lowest BCUT2D eigenvalue weighted by Crippen LogP contribution is -2.87. The van der Waals surface area contributed by atoms with E-state index in [1.54, 1.807) is 11.3 Å². The van der Waals surface area contributed by atoms with Gasteiger partial charge in [0.1, 0.15) is 5.00 Å². The van der Waals surface area contributed by atoms with Crippen LogP contribution in [0.2, 0.25) is 0 Å². The van der Waals surface area contributed by atoms with Crippen LogP contribution >= 0.6 is 27.3 Å². The molecule has 7 heteroatoms. The number of aryl methyl sites for hydroxylation is 1. The van der Waals surface area contributed by atoms with Gasteiger partial charge in [-0.3, -0.25) is 9.59 Å². The van der Waals surface area contributed by atoms with Crippen LogP contribution in [0.15, 0.2) is 28.7 Å². The lowest BCUT2D eigenvalue weighted by molar-refractivity contribution is -0.648. The van der Waals surface area contributed by atoms with Crippen LogP contribution in [0.4, 0.5) is 10.7 Å². The molecule has 2 amide bonds. The van der Waals surface area contributed by atoms with Crippen LogP contribution in [0.5, 0.6) is 0 Å². The van der Waals surface area contributed by atoms with Gasteiger partial charge in [0.25, 0.3) is 11.8 Å². The van der Waals surface area contributed by atoms with Gasteiger partial charge in [-0.1, -0.05) is 29.8 Å². The first-order valence-electron chi connectivity index (χ1n) is 9.27. The highest BCUT2D eigenvalue weighted by Crippen LogP contribution is 2.39. The van der Waals surface area contributed by atoms with Crippen LogP contribution < -0.4 is 16.0 Å². The number of carbonyl (C=O) groups excluding carboxylic acids is 2. The van der Waals surface area contributed by atoms with Crippen molar-refractivity contribution in [3.05, 3.63) is 44.7 Å². The van der Waals surface area contributed by atoms with Gasteiger partial charge in [-0.25, -0.2) is 0 Å². The molecular weight excluding hydrogens is 426 g/mol. The average molecular weight is 451 g/mol. The summed E-state index contributed by atoms with van der Waals surface area (Å²) in [5.41, 5.74) is 2.47. The molecule has 0 spiro atoms. The van der Waals surface area contributed by atoms with Gasteiger partial charge >= 0.3 is 0 Å². The monoisotopic (exact) mass is 450 g/mol. The molecule has 144 valence electrons. The fraction of sp³-hybridized carbons (Fsp3) is 0.400. The molecule has 1 aliphatic rings. The number of nitrogens with one attached hydrogen (secondary N) is 2. The van der Waals surface area contributed by atoms with Crippen LogP contribution in [0.25, 0.3) is 0 Å². The largest absolute Gasteiger partial charge is 0.338 e. The Morgan fingerprint density at radius 3 is 2.63 bits per heavy atom. The SMILES string of the molecule is CC(C)C[NH2+]CC(=O)Nc1sc2c(c1C(=O)Nc1ccc(Br)cc1)CCC2. The lowest BCUT2D eigenvalue weighted by Gasteiger charge is -2.10. The number of halogens is 1. The zero-order valence-corrected chi connectivity index (χ0v) is 18.0. The molecular formula is C20H25BrN3O2S+. The topological polar surface area (TPSA) is 74.8 Å². The third-order valence-electron chi connectivity index (χ3n) is 4.47. The van der Waals surface area contributed by atoms with E-state index in [1.807, 2.05) is 29.6 Å². The molecule has 4 N–H and O–H groups in total. The van der Waals surface area contributed by atoms with E-state index in [-0.39, 0.29) is 11.8 Å². The highest BCUT2D eigenvalue weighted by atomic mass is 79.9. The summed E-state index contributed by atoms with van der Waals surface area (Å²) < 4.78 is 0.961. The molecule has 1 heterocycles. The van der Waals surface area contributed by atoms with Crippen molar-refractivity contribution in [2.24, 2.45) is 5.92 Å². The van der Waals surface area contributed by atoms with Crippen LogP contribution in [-0.4, -0.2) is 24.9 Å². The number of fused-ring (bicyclic) bond motifs is 1. The number of hydrogen-bond donors (Lipinski definition) is 3. The van der Waals surface area contributed by atoms with Gasteiger partial charge < -0.3 is 16.0 Å². The summed E-state index contributed by atoms with van der Waals surface area (Å²) in [5, 5.41) is 8.61. The predicted octanol–water partition coefficient (Wildman–Crippen LogP) is 3.41. The van der Waals surface area contributed by atoms with Crippen molar-refractivity contribution in [3.63, 3.8) is 0 Å². The number of nitrogens with two attached hydrogens (primary N) is 1. The Balaban J connectivity index is 1.74. The molecule has 0 saturated heterocycles. The molecule has 1 aliphatic carbocycles. The van der Waals surface area contributed by atoms with Crippen LogP contribution in [0, 0.1) is 5.92 Å². The summed E-state index contributed by atoms with van der Waals surface area (Å²) >= 11 is 4.94. The molecule has 5 nitrogen and oxygen atoms in total. The van der Waals surface area contributed by atoms with E-state index in [2.05, 4.69) is 40.4 Å². The second kappa shape index (κ2) is 8.99. The summed E-state index contributed by atoms with van der Waals surface area (Å²) in [5.74, 6) is 0.321. The third kappa shape index (κ3) is 5.18. The van der Waals surface area contributed by atoms with E-state index < -0.39 is 0 Å². The molecule has 0 unspecified atom stereocenters. The highest BCUT2D eigenvalue weighted by Gasteiger charge is 2.27. The van der Waals surface area contributed by atoms with Gasteiger partial charge in [-0.2, -0.15) is 0 Å². The number of benzene rings is 1. The summed E-state index contributed by atoms with van der Waals surface area (Å²) in [4.78, 5) is 26.5. The number of hydrogen-bond acceptors (Lipinski definition) is 3. The van der Waals surface area contributed by atoms with Crippen molar-refractivity contribution in [2.75, 3.05) is 23.7 Å². The molecule has 27 heavy (non-hydrogen) atoms. The zero-order chi connectivity index (χ0) is 19.4. The minimum atomic E-state index is -0.154. The number of carbonyl (C=O) groups is 2. The molecule has 0 fully saturated rings. The van der Waals surface area contributed by atoms with Crippen LogP contribution in [0.3, 0.4) is 0 Å². The molecule has 0 bridgehead atoms. The van der Waals surface area contributed by atoms with Crippen molar-refractivity contribution in [1.29, 1.82) is 0 Å². The number of thiophene rings is 1. The number of amides is 2. The maximum absolute atomic E-state index is 13.0. The number of rotatable bonds is 7. The summed E-state index contributed by atoms with van der Waals surface area (Å²) in [6.45, 7) is 5.53. The van der Waals surface area contributed by atoms with Gasteiger partial charge in [-0.15, -0.1) is 11.3 Å². The molecule has 0 aliphatic heterocycles. The molecule has 0 radical (unpaired) electrons. The molecule has 0 saturated carbocycles. The minimum absolute atomic E-state index is 0.0618. The fourth-order valence-electron chi connectivity index (χ4n) is 3.18. The molecule has 0 atom stereocenters. The third-order valence-corrected chi connectivity index (χ3v) is 6.21. The van der Waals surface area contributed by atoms with Crippen LogP contribution in [0.1, 0.15) is 41.1 Å². The first-order chi connectivity index (χ1) is 12.9. The smallest absolute Gasteiger partial charge is 0.280 e. The number of quaternary nitrogens is 1. The van der Waals surface area contributed by atoms with Gasteiger partial charge in [0.05, 0.1) is 12.1 Å². The second-order valence-corrected chi connectivity index (χ2v) is 9.21. The average Bonchev–Trinajstić information content (AvgIpc) is 3.17. The Labute approximate surface area is 172 Å². The maximum Gasteiger partial charge on any atom is 0.280 e. The van der Waals surface area contributed by atoms with E-state index in [9.17, 15) is 9.59 Å². The van der Waals surface area contributed by atoms with E-state index in [0.717, 1.165) is 41.5 Å². The molecule has 2 aromatic rings. The quantitative estimate of drug-likeness (QED) is 0.604. The molecule has 1 aromatic carbocycles. The Hall–Kier alpha value is -1.70.